The smallest absolute Gasteiger partial charge is 0.116 e. The van der Waals surface area contributed by atoms with Crippen molar-refractivity contribution in [1.29, 1.82) is 0 Å². The second kappa shape index (κ2) is 3.34. The van der Waals surface area contributed by atoms with Gasteiger partial charge in [0.25, 0.3) is 0 Å². The summed E-state index contributed by atoms with van der Waals surface area (Å²) in [6.45, 7) is 0. The van der Waals surface area contributed by atoms with Crippen molar-refractivity contribution < 1.29 is 5.11 Å². The van der Waals surface area contributed by atoms with Gasteiger partial charge in [-0.05, 0) is 30.5 Å². The fourth-order valence-electron chi connectivity index (χ4n) is 1.41. The zero-order valence-electron chi connectivity index (χ0n) is 7.37. The van der Waals surface area contributed by atoms with Gasteiger partial charge in [0, 0.05) is 22.3 Å². The highest BCUT2D eigenvalue weighted by molar-refractivity contribution is 7.97. The van der Waals surface area contributed by atoms with Crippen LogP contribution < -0.4 is 0 Å². The number of phenolic OH excluding ortho intramolecular Hbond substituents is 1. The van der Waals surface area contributed by atoms with Gasteiger partial charge in [-0.25, -0.2) is 0 Å². The predicted octanol–water partition coefficient (Wildman–Crippen LogP) is 2.74. The highest BCUT2D eigenvalue weighted by atomic mass is 32.2. The first-order valence-electron chi connectivity index (χ1n) is 4.09. The molecule has 1 aromatic carbocycles. The van der Waals surface area contributed by atoms with Crippen molar-refractivity contribution in [2.75, 3.05) is 6.26 Å². The minimum Gasteiger partial charge on any atom is -0.508 e. The van der Waals surface area contributed by atoms with E-state index < -0.39 is 0 Å². The van der Waals surface area contributed by atoms with E-state index in [-0.39, 0.29) is 0 Å². The van der Waals surface area contributed by atoms with Crippen molar-refractivity contribution in [1.82, 2.24) is 4.98 Å². The van der Waals surface area contributed by atoms with E-state index in [9.17, 15) is 5.11 Å². The number of rotatable bonds is 2. The molecule has 0 spiro atoms. The number of aromatic hydroxyl groups is 1. The van der Waals surface area contributed by atoms with Gasteiger partial charge in [0.15, 0.2) is 0 Å². The number of fused-ring (bicyclic) bond motifs is 1. The van der Waals surface area contributed by atoms with Crippen molar-refractivity contribution in [3.8, 4) is 5.75 Å². The quantitative estimate of drug-likeness (QED) is 0.769. The van der Waals surface area contributed by atoms with Crippen molar-refractivity contribution in [2.45, 2.75) is 5.75 Å². The maximum Gasteiger partial charge on any atom is 0.116 e. The minimum absolute atomic E-state index is 0.321. The van der Waals surface area contributed by atoms with Gasteiger partial charge in [-0.15, -0.1) is 0 Å². The molecule has 0 aliphatic heterocycles. The molecule has 0 unspecified atom stereocenters. The number of phenols is 1. The number of H-pyrrole nitrogens is 1. The summed E-state index contributed by atoms with van der Waals surface area (Å²) in [5.74, 6) is 1.30. The van der Waals surface area contributed by atoms with Crippen LogP contribution in [0.25, 0.3) is 10.9 Å². The third kappa shape index (κ3) is 1.65. The van der Waals surface area contributed by atoms with Crippen LogP contribution in [0.4, 0.5) is 0 Å². The fraction of sp³-hybridized carbons (Fsp3) is 0.200. The van der Waals surface area contributed by atoms with Crippen LogP contribution in [-0.4, -0.2) is 16.3 Å². The molecule has 2 rings (SSSR count). The van der Waals surface area contributed by atoms with E-state index in [2.05, 4.69) is 17.3 Å². The Morgan fingerprint density at radius 3 is 3.00 bits per heavy atom. The zero-order chi connectivity index (χ0) is 9.26. The van der Waals surface area contributed by atoms with E-state index >= 15 is 0 Å². The molecular formula is C10H11NOS. The highest BCUT2D eigenvalue weighted by Gasteiger charge is 2.00. The Morgan fingerprint density at radius 1 is 1.38 bits per heavy atom. The monoisotopic (exact) mass is 193 g/mol. The van der Waals surface area contributed by atoms with Crippen molar-refractivity contribution in [3.05, 3.63) is 30.0 Å². The van der Waals surface area contributed by atoms with Crippen LogP contribution in [-0.2, 0) is 5.75 Å². The first-order valence-corrected chi connectivity index (χ1v) is 5.48. The maximum atomic E-state index is 9.25. The predicted molar refractivity (Wildman–Crippen MR) is 57.2 cm³/mol. The molecule has 0 aliphatic rings. The summed E-state index contributed by atoms with van der Waals surface area (Å²) in [7, 11) is 0. The lowest BCUT2D eigenvalue weighted by Gasteiger charge is -1.90. The molecule has 68 valence electrons. The van der Waals surface area contributed by atoms with Crippen molar-refractivity contribution in [3.63, 3.8) is 0 Å². The van der Waals surface area contributed by atoms with Gasteiger partial charge in [0.05, 0.1) is 0 Å². The average molecular weight is 193 g/mol. The highest BCUT2D eigenvalue weighted by Crippen LogP contribution is 2.21. The SMILES string of the molecule is CSCc1cc2cc(O)ccc2[nH]1. The molecule has 0 saturated heterocycles. The molecule has 0 amide bonds. The second-order valence-corrected chi connectivity index (χ2v) is 3.87. The second-order valence-electron chi connectivity index (χ2n) is 3.00. The molecule has 0 atom stereocenters. The van der Waals surface area contributed by atoms with Crippen LogP contribution in [0, 0.1) is 0 Å². The Balaban J connectivity index is 2.49. The molecule has 3 heteroatoms. The third-order valence-electron chi connectivity index (χ3n) is 1.96. The van der Waals surface area contributed by atoms with Crippen LogP contribution >= 0.6 is 11.8 Å². The first kappa shape index (κ1) is 8.51. The molecule has 13 heavy (non-hydrogen) atoms. The van der Waals surface area contributed by atoms with Gasteiger partial charge >= 0.3 is 0 Å². The molecule has 0 aliphatic carbocycles. The summed E-state index contributed by atoms with van der Waals surface area (Å²) in [6, 6.07) is 7.44. The van der Waals surface area contributed by atoms with Crippen molar-refractivity contribution in [2.24, 2.45) is 0 Å². The summed E-state index contributed by atoms with van der Waals surface area (Å²) in [6.07, 6.45) is 2.07. The van der Waals surface area contributed by atoms with Gasteiger partial charge in [-0.2, -0.15) is 11.8 Å². The lowest BCUT2D eigenvalue weighted by molar-refractivity contribution is 0.476. The van der Waals surface area contributed by atoms with Gasteiger partial charge in [0.2, 0.25) is 0 Å². The minimum atomic E-state index is 0.321. The Kier molecular flexibility index (Phi) is 2.19. The standard InChI is InChI=1S/C10H11NOS/c1-13-6-8-4-7-5-9(12)2-3-10(7)11-8/h2-5,11-12H,6H2,1H3. The van der Waals surface area contributed by atoms with Crippen molar-refractivity contribution >= 4 is 22.7 Å². The maximum absolute atomic E-state index is 9.25. The van der Waals surface area contributed by atoms with Crippen LogP contribution in [0.2, 0.25) is 0 Å². The Bertz CT molecular complexity index is 422. The van der Waals surface area contributed by atoms with E-state index in [0.29, 0.717) is 5.75 Å². The number of benzene rings is 1. The summed E-state index contributed by atoms with van der Waals surface area (Å²) in [5.41, 5.74) is 2.29. The van der Waals surface area contributed by atoms with E-state index in [1.807, 2.05) is 6.07 Å². The molecule has 2 N–H and O–H groups in total. The number of nitrogens with one attached hydrogen (secondary N) is 1. The van der Waals surface area contributed by atoms with E-state index in [1.165, 1.54) is 5.69 Å². The topological polar surface area (TPSA) is 36.0 Å². The van der Waals surface area contributed by atoms with E-state index in [1.54, 1.807) is 23.9 Å². The number of aromatic nitrogens is 1. The average Bonchev–Trinajstić information content (AvgIpc) is 2.46. The molecule has 0 bridgehead atoms. The van der Waals surface area contributed by atoms with Gasteiger partial charge in [0.1, 0.15) is 5.75 Å². The van der Waals surface area contributed by atoms with Gasteiger partial charge in [-0.3, -0.25) is 0 Å². The molecule has 1 aromatic heterocycles. The Morgan fingerprint density at radius 2 is 2.23 bits per heavy atom. The number of thioether (sulfide) groups is 1. The zero-order valence-corrected chi connectivity index (χ0v) is 8.19. The van der Waals surface area contributed by atoms with Crippen LogP contribution in [0.1, 0.15) is 5.69 Å². The Labute approximate surface area is 81.0 Å². The third-order valence-corrected chi connectivity index (χ3v) is 2.56. The van der Waals surface area contributed by atoms with Crippen LogP contribution in [0.15, 0.2) is 24.3 Å². The van der Waals surface area contributed by atoms with E-state index in [0.717, 1.165) is 16.7 Å². The molecule has 2 nitrogen and oxygen atoms in total. The molecular weight excluding hydrogens is 182 g/mol. The molecule has 0 fully saturated rings. The molecule has 2 aromatic rings. The fourth-order valence-corrected chi connectivity index (χ4v) is 1.88. The molecule has 0 radical (unpaired) electrons. The number of hydrogen-bond donors (Lipinski definition) is 2. The lowest BCUT2D eigenvalue weighted by Crippen LogP contribution is -1.75. The summed E-state index contributed by atoms with van der Waals surface area (Å²) in [5, 5.41) is 10.3. The summed E-state index contributed by atoms with van der Waals surface area (Å²) >= 11 is 1.78. The molecule has 0 saturated carbocycles. The van der Waals surface area contributed by atoms with E-state index in [4.69, 9.17) is 0 Å². The summed E-state index contributed by atoms with van der Waals surface area (Å²) < 4.78 is 0. The molecule has 1 heterocycles. The number of aromatic amines is 1. The normalized spacial score (nSPS) is 10.8. The summed E-state index contributed by atoms with van der Waals surface area (Å²) in [4.78, 5) is 3.29. The number of hydrogen-bond acceptors (Lipinski definition) is 2. The largest absolute Gasteiger partial charge is 0.508 e. The lowest BCUT2D eigenvalue weighted by atomic mass is 10.2. The Hall–Kier alpha value is -1.09. The van der Waals surface area contributed by atoms with Crippen LogP contribution in [0.3, 0.4) is 0 Å². The first-order chi connectivity index (χ1) is 6.29. The van der Waals surface area contributed by atoms with Gasteiger partial charge < -0.3 is 10.1 Å². The van der Waals surface area contributed by atoms with Gasteiger partial charge in [-0.1, -0.05) is 0 Å². The van der Waals surface area contributed by atoms with Crippen LogP contribution in [0.5, 0.6) is 5.75 Å².